The van der Waals surface area contributed by atoms with Crippen molar-refractivity contribution < 1.29 is 13.6 Å². The maximum atomic E-state index is 13.7. The summed E-state index contributed by atoms with van der Waals surface area (Å²) in [5, 5.41) is 5.65. The molecule has 1 heterocycles. The van der Waals surface area contributed by atoms with Crippen molar-refractivity contribution >= 4 is 17.3 Å². The number of nitrogens with zero attached hydrogens (tertiary/aromatic N) is 1. The quantitative estimate of drug-likeness (QED) is 0.598. The number of carbonyl (C=O) groups excluding carboxylic acids is 1. The smallest absolute Gasteiger partial charge is 0.274 e. The topological polar surface area (TPSA) is 54.0 Å². The molecule has 0 aliphatic heterocycles. The van der Waals surface area contributed by atoms with E-state index in [0.717, 1.165) is 31.1 Å². The van der Waals surface area contributed by atoms with E-state index in [9.17, 15) is 13.6 Å². The van der Waals surface area contributed by atoms with Crippen LogP contribution in [0.5, 0.6) is 0 Å². The number of rotatable bonds is 7. The first-order valence-corrected chi connectivity index (χ1v) is 8.62. The lowest BCUT2D eigenvalue weighted by Gasteiger charge is -2.09. The molecule has 2 aromatic carbocycles. The largest absolute Gasteiger partial charge is 0.385 e. The van der Waals surface area contributed by atoms with E-state index in [1.807, 2.05) is 18.2 Å². The minimum atomic E-state index is -0.835. The van der Waals surface area contributed by atoms with E-state index < -0.39 is 17.5 Å². The van der Waals surface area contributed by atoms with Crippen LogP contribution in [-0.4, -0.2) is 17.4 Å². The minimum Gasteiger partial charge on any atom is -0.385 e. The van der Waals surface area contributed by atoms with E-state index >= 15 is 0 Å². The fourth-order valence-corrected chi connectivity index (χ4v) is 2.61. The summed E-state index contributed by atoms with van der Waals surface area (Å²) in [5.41, 5.74) is 2.08. The molecule has 138 valence electrons. The van der Waals surface area contributed by atoms with E-state index in [1.54, 1.807) is 12.1 Å². The van der Waals surface area contributed by atoms with Crippen molar-refractivity contribution in [3.8, 4) is 0 Å². The summed E-state index contributed by atoms with van der Waals surface area (Å²) in [4.78, 5) is 16.3. The van der Waals surface area contributed by atoms with E-state index in [2.05, 4.69) is 27.8 Å². The molecule has 0 aliphatic carbocycles. The number of hydrogen-bond donors (Lipinski definition) is 2. The van der Waals surface area contributed by atoms with Crippen molar-refractivity contribution in [2.24, 2.45) is 0 Å². The number of benzene rings is 2. The van der Waals surface area contributed by atoms with Gasteiger partial charge < -0.3 is 10.6 Å². The highest BCUT2D eigenvalue weighted by Gasteiger charge is 2.11. The highest BCUT2D eigenvalue weighted by Crippen LogP contribution is 2.16. The Morgan fingerprint density at radius 1 is 1.00 bits per heavy atom. The summed E-state index contributed by atoms with van der Waals surface area (Å²) >= 11 is 0. The van der Waals surface area contributed by atoms with Crippen molar-refractivity contribution in [1.29, 1.82) is 0 Å². The van der Waals surface area contributed by atoms with Crippen molar-refractivity contribution in [2.75, 3.05) is 17.2 Å². The van der Waals surface area contributed by atoms with Gasteiger partial charge in [0.25, 0.3) is 5.91 Å². The monoisotopic (exact) mass is 367 g/mol. The molecular weight excluding hydrogens is 348 g/mol. The number of pyridine rings is 1. The van der Waals surface area contributed by atoms with E-state index in [1.165, 1.54) is 17.8 Å². The average Bonchev–Trinajstić information content (AvgIpc) is 2.68. The molecule has 6 heteroatoms. The first kappa shape index (κ1) is 18.5. The van der Waals surface area contributed by atoms with Gasteiger partial charge in [-0.15, -0.1) is 0 Å². The molecule has 0 saturated heterocycles. The standard InChI is InChI=1S/C21H19F2N3O/c22-16-8-9-19(18(23)13-16)26-21(27)20-14-17(10-12-25-20)24-11-4-7-15-5-2-1-3-6-15/h1-3,5-6,8-10,12-14H,4,7,11H2,(H,24,25)(H,26,27). The SMILES string of the molecule is O=C(Nc1ccc(F)cc1F)c1cc(NCCCc2ccccc2)ccn1. The van der Waals surface area contributed by atoms with Gasteiger partial charge in [-0.3, -0.25) is 9.78 Å². The van der Waals surface area contributed by atoms with Crippen LogP contribution >= 0.6 is 0 Å². The molecule has 27 heavy (non-hydrogen) atoms. The van der Waals surface area contributed by atoms with Crippen LogP contribution in [0.25, 0.3) is 0 Å². The number of aryl methyl sites for hydroxylation is 1. The Bertz CT molecular complexity index is 916. The van der Waals surface area contributed by atoms with Crippen molar-refractivity contribution in [1.82, 2.24) is 4.98 Å². The van der Waals surface area contributed by atoms with E-state index in [-0.39, 0.29) is 11.4 Å². The van der Waals surface area contributed by atoms with Crippen LogP contribution in [0.15, 0.2) is 66.9 Å². The van der Waals surface area contributed by atoms with Crippen LogP contribution in [0.2, 0.25) is 0 Å². The molecule has 1 amide bonds. The van der Waals surface area contributed by atoms with Crippen LogP contribution in [0.4, 0.5) is 20.2 Å². The van der Waals surface area contributed by atoms with Crippen LogP contribution in [0.3, 0.4) is 0 Å². The van der Waals surface area contributed by atoms with Crippen LogP contribution < -0.4 is 10.6 Å². The maximum Gasteiger partial charge on any atom is 0.274 e. The predicted octanol–water partition coefficient (Wildman–Crippen LogP) is 4.66. The highest BCUT2D eigenvalue weighted by atomic mass is 19.1. The molecule has 0 fully saturated rings. The zero-order chi connectivity index (χ0) is 19.1. The Kier molecular flexibility index (Phi) is 6.10. The van der Waals surface area contributed by atoms with Gasteiger partial charge in [0.05, 0.1) is 5.69 Å². The number of anilines is 2. The van der Waals surface area contributed by atoms with Gasteiger partial charge in [0.1, 0.15) is 17.3 Å². The predicted molar refractivity (Wildman–Crippen MR) is 102 cm³/mol. The molecule has 0 bridgehead atoms. The Morgan fingerprint density at radius 3 is 2.59 bits per heavy atom. The summed E-state index contributed by atoms with van der Waals surface area (Å²) in [7, 11) is 0. The van der Waals surface area contributed by atoms with Gasteiger partial charge in [0.2, 0.25) is 0 Å². The molecule has 1 aromatic heterocycles. The highest BCUT2D eigenvalue weighted by molar-refractivity contribution is 6.03. The molecule has 0 spiro atoms. The van der Waals surface area contributed by atoms with Crippen LogP contribution in [0, 0.1) is 11.6 Å². The number of halogens is 2. The fraction of sp³-hybridized carbons (Fsp3) is 0.143. The lowest BCUT2D eigenvalue weighted by molar-refractivity contribution is 0.102. The molecule has 0 radical (unpaired) electrons. The van der Waals surface area contributed by atoms with E-state index in [0.29, 0.717) is 6.07 Å². The van der Waals surface area contributed by atoms with Gasteiger partial charge in [-0.25, -0.2) is 8.78 Å². The maximum absolute atomic E-state index is 13.7. The Morgan fingerprint density at radius 2 is 1.81 bits per heavy atom. The Hall–Kier alpha value is -3.28. The molecular formula is C21H19F2N3O. The number of aromatic nitrogens is 1. The molecule has 0 saturated carbocycles. The summed E-state index contributed by atoms with van der Waals surface area (Å²) in [5.74, 6) is -2.10. The lowest BCUT2D eigenvalue weighted by Crippen LogP contribution is -2.15. The van der Waals surface area contributed by atoms with E-state index in [4.69, 9.17) is 0 Å². The first-order chi connectivity index (χ1) is 13.1. The second-order valence-electron chi connectivity index (χ2n) is 6.02. The molecule has 0 unspecified atom stereocenters. The van der Waals surface area contributed by atoms with Crippen LogP contribution in [0.1, 0.15) is 22.5 Å². The van der Waals surface area contributed by atoms with Gasteiger partial charge in [-0.05, 0) is 42.7 Å². The third-order valence-corrected chi connectivity index (χ3v) is 3.99. The summed E-state index contributed by atoms with van der Waals surface area (Å²) in [6.45, 7) is 0.743. The molecule has 3 aromatic rings. The molecule has 4 nitrogen and oxygen atoms in total. The van der Waals surface area contributed by atoms with Crippen molar-refractivity contribution in [3.63, 3.8) is 0 Å². The summed E-state index contributed by atoms with van der Waals surface area (Å²) < 4.78 is 26.6. The van der Waals surface area contributed by atoms with Crippen LogP contribution in [-0.2, 0) is 6.42 Å². The number of amides is 1. The second kappa shape index (κ2) is 8.89. The summed E-state index contributed by atoms with van der Waals surface area (Å²) in [6, 6.07) is 16.5. The third-order valence-electron chi connectivity index (χ3n) is 3.99. The molecule has 0 aliphatic rings. The molecule has 3 rings (SSSR count). The molecule has 0 atom stereocenters. The molecule has 2 N–H and O–H groups in total. The van der Waals surface area contributed by atoms with Crippen molar-refractivity contribution in [3.05, 3.63) is 89.8 Å². The zero-order valence-corrected chi connectivity index (χ0v) is 14.6. The lowest BCUT2D eigenvalue weighted by atomic mass is 10.1. The zero-order valence-electron chi connectivity index (χ0n) is 14.6. The minimum absolute atomic E-state index is 0.0931. The van der Waals surface area contributed by atoms with Gasteiger partial charge >= 0.3 is 0 Å². The fourth-order valence-electron chi connectivity index (χ4n) is 2.61. The van der Waals surface area contributed by atoms with Crippen molar-refractivity contribution in [2.45, 2.75) is 12.8 Å². The van der Waals surface area contributed by atoms with Gasteiger partial charge in [0.15, 0.2) is 0 Å². The second-order valence-corrected chi connectivity index (χ2v) is 6.02. The number of carbonyl (C=O) groups is 1. The first-order valence-electron chi connectivity index (χ1n) is 8.62. The van der Waals surface area contributed by atoms with Gasteiger partial charge in [-0.2, -0.15) is 0 Å². The Labute approximate surface area is 156 Å². The normalized spacial score (nSPS) is 10.4. The third kappa shape index (κ3) is 5.34. The summed E-state index contributed by atoms with van der Waals surface area (Å²) in [6.07, 6.45) is 3.40. The average molecular weight is 367 g/mol. The Balaban J connectivity index is 1.55. The van der Waals surface area contributed by atoms with Gasteiger partial charge in [0, 0.05) is 24.5 Å². The van der Waals surface area contributed by atoms with Gasteiger partial charge in [-0.1, -0.05) is 30.3 Å². The number of hydrogen-bond acceptors (Lipinski definition) is 3. The number of nitrogens with one attached hydrogen (secondary N) is 2.